The molecule has 0 bridgehead atoms. The number of hydrogen-bond donors (Lipinski definition) is 0. The Hall–Kier alpha value is -16.9. The van der Waals surface area contributed by atoms with Gasteiger partial charge in [0.1, 0.15) is 5.82 Å². The number of hydrogen-bond acceptors (Lipinski definition) is 0. The number of alkyl halides is 6. The molecule has 0 aliphatic heterocycles. The molecule has 0 atom stereocenters. The van der Waals surface area contributed by atoms with Gasteiger partial charge in [-0.25, -0.2) is 4.39 Å². The second-order valence-electron chi connectivity index (χ2n) is 35.2. The van der Waals surface area contributed by atoms with Crippen LogP contribution in [-0.2, 0) is 38.0 Å². The zero-order chi connectivity index (χ0) is 93.8. The van der Waals surface area contributed by atoms with E-state index in [0.717, 1.165) is 126 Å². The van der Waals surface area contributed by atoms with E-state index in [-0.39, 0.29) is 5.82 Å². The standard InChI is InChI=1S/2C32H22F3N.C32H25N.C31H22FN/c33-32(34,35)26-9-6-10-27(21-26)36-30-12-5-4-11-28(30)29-20-25(17-18-31(29)36)24-15-13-23(14-16-24)19-22-7-2-1-3-8-22;33-32(34,35)26-15-17-27(18-16-26)36-30-9-5-4-8-28(30)29-21-25(14-19-31(29)36)24-12-10-23(11-13-24)20-22-6-2-1-3-7-22;1-23-11-18-28(19-12-23)33-31-10-6-5-9-29(31)30-22-27(17-20-32(30)33)26-15-13-25(14-16-26)21-24-7-3-2-4-8-24;32-26-9-6-10-27(21-26)33-30-12-5-4-11-28(30)29-20-25(17-18-31(29)33)24-15-13-23(14-16-24)19-22-7-2-1-3-8-22/h1-18,20-21H,19H2;1-19,21H,20H2;2-20,22H,21H2,1H3;1-18,20-21H,19H2. The molecule has 0 radical (unpaired) electrons. The minimum absolute atomic E-state index is 0.231. The van der Waals surface area contributed by atoms with Crippen molar-refractivity contribution in [3.05, 3.63) is 552 Å². The van der Waals surface area contributed by atoms with Crippen LogP contribution in [0, 0.1) is 12.7 Å². The van der Waals surface area contributed by atoms with Gasteiger partial charge in [0, 0.05) is 65.8 Å². The Balaban J connectivity index is 0.000000110. The zero-order valence-corrected chi connectivity index (χ0v) is 75.5. The van der Waals surface area contributed by atoms with Crippen LogP contribution < -0.4 is 0 Å². The average molecular weight is 1810 g/mol. The minimum Gasteiger partial charge on any atom is -0.309 e. The SMILES string of the molecule is Cc1ccc(-n2c3ccccc3c3cc(-c4ccc(Cc5ccccc5)cc4)ccc32)cc1.FC(F)(F)c1ccc(-n2c3ccccc3c3cc(-c4ccc(Cc5ccccc5)cc4)ccc32)cc1.FC(F)(F)c1cccc(-n2c3ccccc3c3cc(-c4ccc(Cc5ccccc5)cc4)ccc32)c1.Fc1cccc(-n2c3ccccc3c3cc(-c4ccc(Cc5ccccc5)cc4)ccc32)c1. The number of halogens is 7. The summed E-state index contributed by atoms with van der Waals surface area (Å²) in [6.45, 7) is 2.13. The first kappa shape index (κ1) is 87.7. The van der Waals surface area contributed by atoms with Gasteiger partial charge in [-0.05, 0) is 267 Å². The normalized spacial score (nSPS) is 11.6. The van der Waals surface area contributed by atoms with Crippen LogP contribution in [0.2, 0.25) is 0 Å². The Morgan fingerprint density at radius 1 is 0.174 bits per heavy atom. The quantitative estimate of drug-likeness (QED) is 0.0859. The van der Waals surface area contributed by atoms with Crippen LogP contribution in [0.5, 0.6) is 0 Å². The summed E-state index contributed by atoms with van der Waals surface area (Å²) >= 11 is 0. The fraction of sp³-hybridized carbons (Fsp3) is 0.0551. The molecule has 11 heteroatoms. The maximum absolute atomic E-state index is 14.0. The summed E-state index contributed by atoms with van der Waals surface area (Å²) in [4.78, 5) is 0. The van der Waals surface area contributed by atoms with E-state index in [9.17, 15) is 30.7 Å². The molecule has 138 heavy (non-hydrogen) atoms. The highest BCUT2D eigenvalue weighted by molar-refractivity contribution is 6.14. The Kier molecular flexibility index (Phi) is 24.3. The topological polar surface area (TPSA) is 19.7 Å². The summed E-state index contributed by atoms with van der Waals surface area (Å²) in [6.07, 6.45) is -5.09. The predicted molar refractivity (Wildman–Crippen MR) is 557 cm³/mol. The smallest absolute Gasteiger partial charge is 0.309 e. The van der Waals surface area contributed by atoms with Gasteiger partial charge in [-0.3, -0.25) is 0 Å². The molecule has 0 unspecified atom stereocenters. The lowest BCUT2D eigenvalue weighted by Crippen LogP contribution is -2.06. The first-order valence-electron chi connectivity index (χ1n) is 46.3. The average Bonchev–Trinajstić information content (AvgIpc) is 1.62. The largest absolute Gasteiger partial charge is 0.416 e. The summed E-state index contributed by atoms with van der Waals surface area (Å²) in [6, 6.07) is 162. The van der Waals surface area contributed by atoms with Crippen molar-refractivity contribution in [2.45, 2.75) is 45.0 Å². The van der Waals surface area contributed by atoms with Gasteiger partial charge in [-0.2, -0.15) is 26.3 Å². The second-order valence-corrected chi connectivity index (χ2v) is 35.2. The third-order valence-electron chi connectivity index (χ3n) is 26.1. The molecule has 20 aromatic carbocycles. The fourth-order valence-electron chi connectivity index (χ4n) is 19.2. The highest BCUT2D eigenvalue weighted by atomic mass is 19.4. The van der Waals surface area contributed by atoms with E-state index in [2.05, 4.69) is 350 Å². The van der Waals surface area contributed by atoms with Crippen molar-refractivity contribution in [1.82, 2.24) is 18.3 Å². The fourth-order valence-corrected chi connectivity index (χ4v) is 19.2. The molecule has 24 rings (SSSR count). The van der Waals surface area contributed by atoms with Crippen LogP contribution in [0.25, 0.3) is 154 Å². The molecule has 4 heterocycles. The number of fused-ring (bicyclic) bond motifs is 12. The number of benzene rings is 20. The van der Waals surface area contributed by atoms with Crippen LogP contribution in [0.3, 0.4) is 0 Å². The maximum Gasteiger partial charge on any atom is 0.416 e. The van der Waals surface area contributed by atoms with E-state index in [1.54, 1.807) is 18.2 Å². The first-order chi connectivity index (χ1) is 67.5. The van der Waals surface area contributed by atoms with E-state index in [1.165, 1.54) is 141 Å². The molecule has 0 spiro atoms. The lowest BCUT2D eigenvalue weighted by atomic mass is 9.99. The van der Waals surface area contributed by atoms with Gasteiger partial charge in [-0.1, -0.05) is 345 Å². The maximum atomic E-state index is 14.0. The summed E-state index contributed by atoms with van der Waals surface area (Å²) in [5, 5.41) is 9.06. The van der Waals surface area contributed by atoms with Gasteiger partial charge in [-0.15, -0.1) is 0 Å². The number of aryl methyl sites for hydroxylation is 1. The monoisotopic (exact) mass is 1800 g/mol. The molecule has 0 saturated carbocycles. The van der Waals surface area contributed by atoms with Crippen LogP contribution in [0.1, 0.15) is 61.2 Å². The van der Waals surface area contributed by atoms with Crippen molar-refractivity contribution in [2.24, 2.45) is 0 Å². The zero-order valence-electron chi connectivity index (χ0n) is 75.5. The van der Waals surface area contributed by atoms with Gasteiger partial charge in [0.2, 0.25) is 0 Å². The minimum atomic E-state index is -4.39. The van der Waals surface area contributed by atoms with Gasteiger partial charge in [0.05, 0.1) is 55.3 Å². The first-order valence-corrected chi connectivity index (χ1v) is 46.3. The summed E-state index contributed by atoms with van der Waals surface area (Å²) in [5.74, 6) is -0.231. The molecular formula is C127H91F7N4. The number of nitrogens with zero attached hydrogens (tertiary/aromatic N) is 4. The lowest BCUT2D eigenvalue weighted by Gasteiger charge is -2.12. The van der Waals surface area contributed by atoms with Crippen molar-refractivity contribution >= 4 is 87.2 Å². The van der Waals surface area contributed by atoms with Gasteiger partial charge < -0.3 is 18.3 Å². The molecule has 24 aromatic rings. The van der Waals surface area contributed by atoms with Crippen molar-refractivity contribution < 1.29 is 30.7 Å². The molecule has 4 nitrogen and oxygen atoms in total. The van der Waals surface area contributed by atoms with E-state index in [0.29, 0.717) is 11.4 Å². The Bertz CT molecular complexity index is 8470. The van der Waals surface area contributed by atoms with Crippen molar-refractivity contribution in [3.63, 3.8) is 0 Å². The van der Waals surface area contributed by atoms with Gasteiger partial charge in [0.25, 0.3) is 0 Å². The second kappa shape index (κ2) is 38.2. The summed E-state index contributed by atoms with van der Waals surface area (Å²) < 4.78 is 102. The van der Waals surface area contributed by atoms with Crippen molar-refractivity contribution in [3.8, 4) is 67.3 Å². The van der Waals surface area contributed by atoms with Gasteiger partial charge >= 0.3 is 12.4 Å². The highest BCUT2D eigenvalue weighted by Crippen LogP contribution is 2.43. The van der Waals surface area contributed by atoms with E-state index < -0.39 is 23.5 Å². The molecule has 0 amide bonds. The molecular weight excluding hydrogens is 1710 g/mol. The van der Waals surface area contributed by atoms with Crippen molar-refractivity contribution in [1.29, 1.82) is 0 Å². The molecule has 0 saturated heterocycles. The molecule has 0 fully saturated rings. The molecule has 0 aliphatic rings. The van der Waals surface area contributed by atoms with Crippen LogP contribution in [0.15, 0.2) is 485 Å². The third kappa shape index (κ3) is 18.6. The third-order valence-corrected chi connectivity index (χ3v) is 26.1. The number of rotatable bonds is 16. The summed E-state index contributed by atoms with van der Waals surface area (Å²) in [5.41, 5.74) is 31.1. The Labute approximate surface area is 795 Å². The lowest BCUT2D eigenvalue weighted by molar-refractivity contribution is -0.138. The highest BCUT2D eigenvalue weighted by Gasteiger charge is 2.32. The molecule has 4 aromatic heterocycles. The summed E-state index contributed by atoms with van der Waals surface area (Å²) in [7, 11) is 0. The van der Waals surface area contributed by atoms with E-state index >= 15 is 0 Å². The number of aromatic nitrogens is 4. The Morgan fingerprint density at radius 3 is 0.703 bits per heavy atom. The van der Waals surface area contributed by atoms with Crippen LogP contribution >= 0.6 is 0 Å². The molecule has 668 valence electrons. The molecule has 0 aliphatic carbocycles. The molecule has 0 N–H and O–H groups in total. The van der Waals surface area contributed by atoms with Gasteiger partial charge in [0.15, 0.2) is 0 Å². The Morgan fingerprint density at radius 2 is 0.413 bits per heavy atom. The van der Waals surface area contributed by atoms with Crippen molar-refractivity contribution in [2.75, 3.05) is 0 Å². The van der Waals surface area contributed by atoms with E-state index in [1.807, 2.05) is 94.1 Å². The van der Waals surface area contributed by atoms with E-state index in [4.69, 9.17) is 0 Å². The van der Waals surface area contributed by atoms with Crippen LogP contribution in [0.4, 0.5) is 30.7 Å². The predicted octanol–water partition coefficient (Wildman–Crippen LogP) is 34.7. The number of para-hydroxylation sites is 4. The van der Waals surface area contributed by atoms with Crippen LogP contribution in [-0.4, -0.2) is 18.3 Å².